The molecule has 15 rings (SSSR count). The van der Waals surface area contributed by atoms with Gasteiger partial charge >= 0.3 is 20.1 Å². The van der Waals surface area contributed by atoms with Gasteiger partial charge in [-0.05, 0) is 140 Å². The van der Waals surface area contributed by atoms with E-state index in [-0.39, 0.29) is 31.9 Å². The Hall–Kier alpha value is -9.78. The van der Waals surface area contributed by atoms with Crippen molar-refractivity contribution in [2.45, 2.75) is 65.2 Å². The van der Waals surface area contributed by atoms with Crippen molar-refractivity contribution in [2.75, 3.05) is 0 Å². The van der Waals surface area contributed by atoms with Gasteiger partial charge in [0.15, 0.2) is 0 Å². The minimum Gasteiger partial charge on any atom is -0.500 e. The zero-order valence-electron chi connectivity index (χ0n) is 49.6. The van der Waals surface area contributed by atoms with Gasteiger partial charge in [0.1, 0.15) is 16.7 Å². The quantitative estimate of drug-likeness (QED) is 0.101. The van der Waals surface area contributed by atoms with Crippen LogP contribution in [0.5, 0.6) is 0 Å². The first-order valence-electron chi connectivity index (χ1n) is 30.2. The molecule has 0 bridgehead atoms. The van der Waals surface area contributed by atoms with Gasteiger partial charge in [-0.25, -0.2) is 0 Å². The number of hydrogen-bond acceptors (Lipinski definition) is 5. The molecule has 0 unspecified atom stereocenters. The molecule has 428 valence electrons. The number of nitrogens with zero attached hydrogens (tertiary/aromatic N) is 4. The topological polar surface area (TPSA) is 69.9 Å². The molecule has 15 aromatic rings. The van der Waals surface area contributed by atoms with Crippen LogP contribution in [0.3, 0.4) is 0 Å². The SMILES string of the molecule is CC(C)c1cc(-c2ccc3c(c2)oc2ccccc23)cc(C(C)C)c1-n1ccnc1-c1[c-]ccc2c1oc1c3ccc(-c4ccccc4)cc3ccc21.[Ir+3].[c-]1cc(CCc2cccc(CCc3ccc(-c4[c-]cccc4)nc3)c2)ccc1-c1ccccn1. The fourth-order valence-corrected chi connectivity index (χ4v) is 12.2. The molecule has 0 amide bonds. The van der Waals surface area contributed by atoms with Gasteiger partial charge in [0.2, 0.25) is 0 Å². The third-order valence-electron chi connectivity index (χ3n) is 16.8. The molecule has 0 fully saturated rings. The van der Waals surface area contributed by atoms with E-state index in [1.165, 1.54) is 50.1 Å². The maximum Gasteiger partial charge on any atom is 3.00 e. The standard InChI is InChI=1S/C49H37N2O2.C32H26N2.Ir/c1-29(2)42-26-35(33-18-21-38-37-13-8-9-16-44(37)52-45(38)28-33)27-43(30(3)4)46(42)51-24-23-50-49(51)41-15-10-14-39-40-22-19-34-25-32(31-11-6-5-7-12-31)17-20-36(34)47(40)53-48(39)41;1-2-9-29(10-3-1)32-21-18-28(24-34-32)15-14-27-8-6-7-26(23-27)13-12-25-16-19-30(20-17-25)31-11-4-5-22-33-31;/h5-14,16-30H,1-4H3;1-9,11,16-19,21-24H,12-15H2;/q-1;-2;+3. The average Bonchev–Trinajstić information content (AvgIpc) is 1.86. The Labute approximate surface area is 527 Å². The maximum atomic E-state index is 6.85. The monoisotopic (exact) mass is 1320 g/mol. The second-order valence-corrected chi connectivity index (χ2v) is 23.2. The molecule has 7 heteroatoms. The number of rotatable bonds is 14. The number of furan rings is 2. The van der Waals surface area contributed by atoms with E-state index in [0.29, 0.717) is 0 Å². The van der Waals surface area contributed by atoms with Gasteiger partial charge in [-0.2, -0.15) is 0 Å². The first kappa shape index (κ1) is 57.3. The Balaban J connectivity index is 0.000000177. The van der Waals surface area contributed by atoms with E-state index in [1.54, 1.807) is 0 Å². The fraction of sp³-hybridized carbons (Fsp3) is 0.123. The van der Waals surface area contributed by atoms with Crippen LogP contribution < -0.4 is 0 Å². The number of fused-ring (bicyclic) bond motifs is 8. The van der Waals surface area contributed by atoms with Crippen molar-refractivity contribution in [3.8, 4) is 61.8 Å². The predicted molar refractivity (Wildman–Crippen MR) is 357 cm³/mol. The molecule has 0 aliphatic carbocycles. The summed E-state index contributed by atoms with van der Waals surface area (Å²) in [4.78, 5) is 14.0. The molecule has 5 aromatic heterocycles. The Bertz CT molecular complexity index is 4780. The van der Waals surface area contributed by atoms with Gasteiger partial charge in [-0.1, -0.05) is 172 Å². The van der Waals surface area contributed by atoms with E-state index in [2.05, 4.69) is 230 Å². The zero-order chi connectivity index (χ0) is 58.8. The Morgan fingerprint density at radius 2 is 1.10 bits per heavy atom. The molecule has 0 aliphatic rings. The van der Waals surface area contributed by atoms with Crippen LogP contribution >= 0.6 is 0 Å². The third kappa shape index (κ3) is 11.7. The summed E-state index contributed by atoms with van der Waals surface area (Å²) >= 11 is 0. The van der Waals surface area contributed by atoms with Crippen LogP contribution in [0.1, 0.15) is 72.9 Å². The normalized spacial score (nSPS) is 11.5. The van der Waals surface area contributed by atoms with Crippen LogP contribution in [-0.4, -0.2) is 19.5 Å². The molecular weight excluding hydrogens is 1250 g/mol. The Morgan fingerprint density at radius 3 is 1.84 bits per heavy atom. The smallest absolute Gasteiger partial charge is 0.500 e. The van der Waals surface area contributed by atoms with E-state index in [9.17, 15) is 0 Å². The van der Waals surface area contributed by atoms with Gasteiger partial charge in [0.05, 0.1) is 11.4 Å². The van der Waals surface area contributed by atoms with Crippen LogP contribution in [0.2, 0.25) is 0 Å². The number of para-hydroxylation sites is 1. The summed E-state index contributed by atoms with van der Waals surface area (Å²) in [6.45, 7) is 9.08. The van der Waals surface area contributed by atoms with Gasteiger partial charge in [-0.3, -0.25) is 4.98 Å². The van der Waals surface area contributed by atoms with Crippen LogP contribution in [-0.2, 0) is 45.8 Å². The second-order valence-electron chi connectivity index (χ2n) is 23.2. The molecule has 0 saturated carbocycles. The van der Waals surface area contributed by atoms with E-state index < -0.39 is 0 Å². The van der Waals surface area contributed by atoms with Crippen molar-refractivity contribution in [3.05, 3.63) is 301 Å². The molecule has 0 radical (unpaired) electrons. The van der Waals surface area contributed by atoms with Crippen molar-refractivity contribution in [3.63, 3.8) is 0 Å². The maximum absolute atomic E-state index is 6.85. The summed E-state index contributed by atoms with van der Waals surface area (Å²) in [5, 5.41) is 6.66. The summed E-state index contributed by atoms with van der Waals surface area (Å²) in [6.07, 6.45) is 11.8. The number of imidazole rings is 1. The predicted octanol–water partition coefficient (Wildman–Crippen LogP) is 20.9. The molecule has 0 atom stereocenters. The molecule has 0 saturated heterocycles. The minimum absolute atomic E-state index is 0. The number of aromatic nitrogens is 4. The first-order chi connectivity index (χ1) is 42.8. The van der Waals surface area contributed by atoms with E-state index in [4.69, 9.17) is 13.8 Å². The van der Waals surface area contributed by atoms with Crippen molar-refractivity contribution >= 4 is 54.6 Å². The van der Waals surface area contributed by atoms with Gasteiger partial charge < -0.3 is 23.4 Å². The van der Waals surface area contributed by atoms with Gasteiger partial charge in [-0.15, -0.1) is 89.5 Å². The molecule has 5 heterocycles. The molecule has 88 heavy (non-hydrogen) atoms. The zero-order valence-corrected chi connectivity index (χ0v) is 52.0. The summed E-state index contributed by atoms with van der Waals surface area (Å²) < 4.78 is 15.4. The van der Waals surface area contributed by atoms with Crippen molar-refractivity contribution in [2.24, 2.45) is 0 Å². The largest absolute Gasteiger partial charge is 3.00 e. The number of pyridine rings is 2. The van der Waals surface area contributed by atoms with Crippen LogP contribution in [0.25, 0.3) is 116 Å². The minimum atomic E-state index is 0. The van der Waals surface area contributed by atoms with Gasteiger partial charge in [0.25, 0.3) is 0 Å². The summed E-state index contributed by atoms with van der Waals surface area (Å²) in [5.74, 6) is 1.32. The van der Waals surface area contributed by atoms with Crippen molar-refractivity contribution in [1.29, 1.82) is 0 Å². The Morgan fingerprint density at radius 1 is 0.420 bits per heavy atom. The number of benzene rings is 10. The average molecular weight is 1320 g/mol. The molecule has 0 N–H and O–H groups in total. The fourth-order valence-electron chi connectivity index (χ4n) is 12.2. The molecule has 10 aromatic carbocycles. The molecule has 0 spiro atoms. The summed E-state index contributed by atoms with van der Waals surface area (Å²) in [6, 6.07) is 88.9. The molecular formula is C81H63IrN4O2. The number of aryl methyl sites for hydroxylation is 4. The second kappa shape index (κ2) is 25.3. The summed E-state index contributed by atoms with van der Waals surface area (Å²) in [5.41, 5.74) is 22.0. The molecule has 6 nitrogen and oxygen atoms in total. The van der Waals surface area contributed by atoms with E-state index in [1.807, 2.05) is 79.3 Å². The summed E-state index contributed by atoms with van der Waals surface area (Å²) in [7, 11) is 0. The molecule has 0 aliphatic heterocycles. The van der Waals surface area contributed by atoms with Gasteiger partial charge in [0, 0.05) is 52.0 Å². The van der Waals surface area contributed by atoms with E-state index >= 15 is 0 Å². The van der Waals surface area contributed by atoms with Crippen LogP contribution in [0.15, 0.2) is 258 Å². The third-order valence-corrected chi connectivity index (χ3v) is 16.8. The van der Waals surface area contributed by atoms with Crippen molar-refractivity contribution < 1.29 is 28.9 Å². The first-order valence-corrected chi connectivity index (χ1v) is 30.2. The number of hydrogen-bond donors (Lipinski definition) is 0. The van der Waals surface area contributed by atoms with Crippen molar-refractivity contribution in [1.82, 2.24) is 19.5 Å². The van der Waals surface area contributed by atoms with Crippen LogP contribution in [0, 0.1) is 18.2 Å². The Kier molecular flexibility index (Phi) is 16.5. The van der Waals surface area contributed by atoms with E-state index in [0.717, 1.165) is 125 Å². The van der Waals surface area contributed by atoms with Crippen LogP contribution in [0.4, 0.5) is 0 Å².